The van der Waals surface area contributed by atoms with Crippen molar-refractivity contribution in [3.8, 4) is 0 Å². The van der Waals surface area contributed by atoms with Gasteiger partial charge in [-0.2, -0.15) is 0 Å². The molecule has 0 aliphatic rings. The molecule has 0 saturated carbocycles. The molecule has 2 N–H and O–H groups in total. The van der Waals surface area contributed by atoms with Crippen LogP contribution in [0.2, 0.25) is 0 Å². The predicted octanol–water partition coefficient (Wildman–Crippen LogP) is 1.66. The van der Waals surface area contributed by atoms with Gasteiger partial charge in [-0.05, 0) is 12.8 Å². The lowest BCUT2D eigenvalue weighted by molar-refractivity contribution is -0.114. The van der Waals surface area contributed by atoms with Crippen LogP contribution in [0.15, 0.2) is 11.6 Å². The molecule has 0 rings (SSSR count). The van der Waals surface area contributed by atoms with Crippen molar-refractivity contribution in [1.29, 1.82) is 0 Å². The quantitative estimate of drug-likeness (QED) is 0.527. The first-order valence-corrected chi connectivity index (χ1v) is 4.40. The minimum Gasteiger partial charge on any atom is -0.366 e. The minimum absolute atomic E-state index is 0.407. The summed E-state index contributed by atoms with van der Waals surface area (Å²) in [5.74, 6) is 0.506. The van der Waals surface area contributed by atoms with E-state index in [9.17, 15) is 4.79 Å². The van der Waals surface area contributed by atoms with E-state index in [1.165, 1.54) is 0 Å². The van der Waals surface area contributed by atoms with Gasteiger partial charge in [-0.15, -0.1) is 23.2 Å². The van der Waals surface area contributed by atoms with E-state index in [1.54, 1.807) is 6.08 Å². The molecule has 0 heterocycles. The van der Waals surface area contributed by atoms with Gasteiger partial charge >= 0.3 is 0 Å². The van der Waals surface area contributed by atoms with Crippen molar-refractivity contribution in [3.05, 3.63) is 11.6 Å². The van der Waals surface area contributed by atoms with Gasteiger partial charge in [0.1, 0.15) is 0 Å². The number of amides is 1. The lowest BCUT2D eigenvalue weighted by atomic mass is 10.1. The number of carbonyl (C=O) groups is 1. The highest BCUT2D eigenvalue weighted by atomic mass is 35.5. The highest BCUT2D eigenvalue weighted by Crippen LogP contribution is 2.03. The fourth-order valence-electron chi connectivity index (χ4n) is 0.656. The van der Waals surface area contributed by atoms with Crippen molar-refractivity contribution in [2.45, 2.75) is 12.8 Å². The first kappa shape index (κ1) is 10.8. The van der Waals surface area contributed by atoms with Crippen LogP contribution in [0.1, 0.15) is 12.8 Å². The first-order chi connectivity index (χ1) is 5.22. The molecule has 2 nitrogen and oxygen atoms in total. The van der Waals surface area contributed by atoms with Gasteiger partial charge in [-0.25, -0.2) is 0 Å². The van der Waals surface area contributed by atoms with Crippen molar-refractivity contribution in [2.75, 3.05) is 11.8 Å². The van der Waals surface area contributed by atoms with Crippen LogP contribution in [0.4, 0.5) is 0 Å². The van der Waals surface area contributed by atoms with Gasteiger partial charge in [0.2, 0.25) is 5.91 Å². The van der Waals surface area contributed by atoms with Gasteiger partial charge < -0.3 is 5.73 Å². The molecule has 0 aromatic carbocycles. The van der Waals surface area contributed by atoms with Crippen molar-refractivity contribution < 1.29 is 4.79 Å². The molecule has 0 atom stereocenters. The average molecular weight is 196 g/mol. The summed E-state index contributed by atoms with van der Waals surface area (Å²) < 4.78 is 0. The third kappa shape index (κ3) is 5.10. The summed E-state index contributed by atoms with van der Waals surface area (Å²) in [6, 6.07) is 0. The average Bonchev–Trinajstić information content (AvgIpc) is 1.97. The summed E-state index contributed by atoms with van der Waals surface area (Å²) in [5, 5.41) is 0. The fraction of sp³-hybridized carbons (Fsp3) is 0.571. The van der Waals surface area contributed by atoms with Gasteiger partial charge in [0.15, 0.2) is 0 Å². The van der Waals surface area contributed by atoms with E-state index in [0.29, 0.717) is 30.2 Å². The Morgan fingerprint density at radius 2 is 2.00 bits per heavy atom. The monoisotopic (exact) mass is 195 g/mol. The zero-order valence-electron chi connectivity index (χ0n) is 6.15. The summed E-state index contributed by atoms with van der Waals surface area (Å²) in [5.41, 5.74) is 5.62. The van der Waals surface area contributed by atoms with Crippen molar-refractivity contribution in [1.82, 2.24) is 0 Å². The second-order valence-corrected chi connectivity index (χ2v) is 2.77. The largest absolute Gasteiger partial charge is 0.366 e. The van der Waals surface area contributed by atoms with Gasteiger partial charge in [-0.3, -0.25) is 4.79 Å². The topological polar surface area (TPSA) is 43.1 Å². The molecule has 0 unspecified atom stereocenters. The molecule has 0 aliphatic heterocycles. The Bertz CT molecular complexity index is 157. The number of primary amides is 1. The molecule has 0 bridgehead atoms. The number of hydrogen-bond donors (Lipinski definition) is 1. The van der Waals surface area contributed by atoms with E-state index in [-0.39, 0.29) is 0 Å². The Morgan fingerprint density at radius 3 is 2.36 bits per heavy atom. The maximum atomic E-state index is 10.6. The third-order valence-corrected chi connectivity index (χ3v) is 1.59. The molecule has 0 fully saturated rings. The number of hydrogen-bond acceptors (Lipinski definition) is 1. The molecule has 0 spiro atoms. The Hall–Kier alpha value is -0.210. The number of carbonyl (C=O) groups excluding carboxylic acids is 1. The Morgan fingerprint density at radius 1 is 1.36 bits per heavy atom. The number of allylic oxidation sites excluding steroid dienone is 1. The molecule has 0 radical (unpaired) electrons. The summed E-state index contributed by atoms with van der Waals surface area (Å²) in [4.78, 5) is 10.6. The standard InChI is InChI=1S/C7H11Cl2NO/c8-4-1-2-6(3-5-9)7(10)11/h2H,1,3-5H2,(H2,10,11). The highest BCUT2D eigenvalue weighted by Gasteiger charge is 2.01. The predicted molar refractivity (Wildman–Crippen MR) is 48.0 cm³/mol. The van der Waals surface area contributed by atoms with E-state index in [2.05, 4.69) is 0 Å². The van der Waals surface area contributed by atoms with Crippen LogP contribution in [-0.2, 0) is 4.79 Å². The van der Waals surface area contributed by atoms with Gasteiger partial charge in [0, 0.05) is 17.3 Å². The molecule has 64 valence electrons. The Balaban J connectivity index is 3.97. The molecule has 4 heteroatoms. The van der Waals surface area contributed by atoms with E-state index in [0.717, 1.165) is 0 Å². The van der Waals surface area contributed by atoms with Gasteiger partial charge in [0.25, 0.3) is 0 Å². The second-order valence-electron chi connectivity index (χ2n) is 2.01. The van der Waals surface area contributed by atoms with Crippen molar-refractivity contribution in [3.63, 3.8) is 0 Å². The molecule has 0 saturated heterocycles. The zero-order valence-corrected chi connectivity index (χ0v) is 7.66. The van der Waals surface area contributed by atoms with Crippen LogP contribution in [-0.4, -0.2) is 17.7 Å². The molecule has 0 aromatic rings. The smallest absolute Gasteiger partial charge is 0.244 e. The normalized spacial score (nSPS) is 11.6. The fourth-order valence-corrected chi connectivity index (χ4v) is 0.969. The van der Waals surface area contributed by atoms with Crippen LogP contribution in [0.5, 0.6) is 0 Å². The molecular weight excluding hydrogens is 185 g/mol. The van der Waals surface area contributed by atoms with E-state index in [4.69, 9.17) is 28.9 Å². The van der Waals surface area contributed by atoms with E-state index in [1.807, 2.05) is 0 Å². The van der Waals surface area contributed by atoms with Crippen LogP contribution >= 0.6 is 23.2 Å². The maximum Gasteiger partial charge on any atom is 0.244 e. The van der Waals surface area contributed by atoms with Crippen LogP contribution in [0.25, 0.3) is 0 Å². The number of halogens is 2. The zero-order chi connectivity index (χ0) is 8.69. The van der Waals surface area contributed by atoms with Gasteiger partial charge in [0.05, 0.1) is 0 Å². The lowest BCUT2D eigenvalue weighted by Gasteiger charge is -1.98. The van der Waals surface area contributed by atoms with Crippen LogP contribution < -0.4 is 5.73 Å². The van der Waals surface area contributed by atoms with E-state index < -0.39 is 5.91 Å². The van der Waals surface area contributed by atoms with Gasteiger partial charge in [-0.1, -0.05) is 6.08 Å². The van der Waals surface area contributed by atoms with Crippen molar-refractivity contribution in [2.24, 2.45) is 5.73 Å². The number of rotatable bonds is 5. The summed E-state index contributed by atoms with van der Waals surface area (Å²) >= 11 is 10.9. The molecule has 1 amide bonds. The summed E-state index contributed by atoms with van der Waals surface area (Å²) in [7, 11) is 0. The highest BCUT2D eigenvalue weighted by molar-refractivity contribution is 6.18. The Kier molecular flexibility index (Phi) is 6.37. The number of nitrogens with two attached hydrogens (primary N) is 1. The Labute approximate surface area is 76.3 Å². The van der Waals surface area contributed by atoms with Crippen molar-refractivity contribution >= 4 is 29.1 Å². The minimum atomic E-state index is -0.407. The van der Waals surface area contributed by atoms with Crippen LogP contribution in [0.3, 0.4) is 0 Å². The lowest BCUT2D eigenvalue weighted by Crippen LogP contribution is -2.14. The molecular formula is C7H11Cl2NO. The third-order valence-electron chi connectivity index (χ3n) is 1.18. The number of alkyl halides is 2. The van der Waals surface area contributed by atoms with Crippen LogP contribution in [0, 0.1) is 0 Å². The first-order valence-electron chi connectivity index (χ1n) is 3.33. The summed E-state index contributed by atoms with van der Waals surface area (Å²) in [6.45, 7) is 0. The van der Waals surface area contributed by atoms with E-state index >= 15 is 0 Å². The molecule has 0 aliphatic carbocycles. The second kappa shape index (κ2) is 6.50. The molecule has 11 heavy (non-hydrogen) atoms. The molecule has 0 aromatic heterocycles. The maximum absolute atomic E-state index is 10.6. The SMILES string of the molecule is NC(=O)C(=CCCCl)CCCl. The summed E-state index contributed by atoms with van der Waals surface area (Å²) in [6.07, 6.45) is 2.92.